The van der Waals surface area contributed by atoms with Gasteiger partial charge in [-0.2, -0.15) is 0 Å². The Labute approximate surface area is 132 Å². The van der Waals surface area contributed by atoms with Gasteiger partial charge in [-0.15, -0.1) is 0 Å². The molecule has 0 aromatic carbocycles. The maximum Gasteiger partial charge on any atom is 0.244 e. The molecule has 1 rings (SSSR count). The molecular weight excluding hydrogens is 362 g/mol. The molecule has 0 spiro atoms. The normalized spacial score (nSPS) is 12.0. The molecule has 8 nitrogen and oxygen atoms in total. The lowest BCUT2D eigenvalue weighted by molar-refractivity contribution is -0.121. The van der Waals surface area contributed by atoms with Gasteiger partial charge in [-0.3, -0.25) is 4.79 Å². The number of nitrogens with zero attached hydrogens (tertiary/aromatic N) is 1. The highest BCUT2D eigenvalue weighted by Crippen LogP contribution is 2.21. The van der Waals surface area contributed by atoms with Crippen LogP contribution in [0.3, 0.4) is 0 Å². The summed E-state index contributed by atoms with van der Waals surface area (Å²) in [6.45, 7) is 5.02. The number of halogens is 1. The van der Waals surface area contributed by atoms with E-state index in [2.05, 4.69) is 36.4 Å². The highest BCUT2D eigenvalue weighted by atomic mass is 79.9. The number of nitrogens with one attached hydrogen (secondary N) is 3. The van der Waals surface area contributed by atoms with Crippen molar-refractivity contribution in [1.29, 1.82) is 0 Å². The molecule has 21 heavy (non-hydrogen) atoms. The van der Waals surface area contributed by atoms with Crippen molar-refractivity contribution in [3.05, 3.63) is 16.7 Å². The van der Waals surface area contributed by atoms with Gasteiger partial charge >= 0.3 is 0 Å². The van der Waals surface area contributed by atoms with Gasteiger partial charge in [0.1, 0.15) is 4.90 Å². The van der Waals surface area contributed by atoms with Crippen LogP contribution in [0.15, 0.2) is 21.6 Å². The molecule has 118 valence electrons. The number of carbonyl (C=O) groups is 1. The molecule has 1 heterocycles. The van der Waals surface area contributed by atoms with Crippen LogP contribution in [0.5, 0.6) is 0 Å². The summed E-state index contributed by atoms with van der Waals surface area (Å²) in [7, 11) is -3.92. The van der Waals surface area contributed by atoms with E-state index in [0.717, 1.165) is 0 Å². The van der Waals surface area contributed by atoms with Gasteiger partial charge in [0.05, 0.1) is 6.54 Å². The monoisotopic (exact) mass is 379 g/mol. The molecule has 0 radical (unpaired) electrons. The third-order valence-corrected chi connectivity index (χ3v) is 4.03. The molecule has 0 saturated carbocycles. The highest BCUT2D eigenvalue weighted by molar-refractivity contribution is 9.10. The number of aromatic nitrogens is 1. The number of nitrogen functional groups attached to an aromatic ring is 1. The Morgan fingerprint density at radius 3 is 2.57 bits per heavy atom. The molecule has 0 aliphatic carbocycles. The minimum absolute atomic E-state index is 0.0121. The third-order valence-electron chi connectivity index (χ3n) is 2.18. The first-order chi connectivity index (χ1) is 9.55. The van der Waals surface area contributed by atoms with E-state index in [1.54, 1.807) is 20.8 Å². The van der Waals surface area contributed by atoms with E-state index in [1.807, 2.05) is 0 Å². The van der Waals surface area contributed by atoms with Crippen LogP contribution < -0.4 is 21.3 Å². The number of pyridine rings is 1. The summed E-state index contributed by atoms with van der Waals surface area (Å²) in [5.74, 6) is 4.79. The molecule has 1 aromatic rings. The highest BCUT2D eigenvalue weighted by Gasteiger charge is 2.22. The second-order valence-corrected chi connectivity index (χ2v) is 7.92. The van der Waals surface area contributed by atoms with Crippen LogP contribution in [0.1, 0.15) is 20.8 Å². The number of amides is 1. The zero-order chi connectivity index (χ0) is 16.3. The second-order valence-electron chi connectivity index (χ2n) is 5.27. The lowest BCUT2D eigenvalue weighted by Crippen LogP contribution is -2.45. The number of carbonyl (C=O) groups excluding carboxylic acids is 1. The van der Waals surface area contributed by atoms with Crippen molar-refractivity contribution in [2.45, 2.75) is 31.2 Å². The largest absolute Gasteiger partial charge is 0.350 e. The van der Waals surface area contributed by atoms with Gasteiger partial charge in [0.15, 0.2) is 5.82 Å². The van der Waals surface area contributed by atoms with Crippen molar-refractivity contribution in [2.24, 2.45) is 5.84 Å². The van der Waals surface area contributed by atoms with Crippen LogP contribution >= 0.6 is 15.9 Å². The Kier molecular flexibility index (Phi) is 5.68. The van der Waals surface area contributed by atoms with Crippen molar-refractivity contribution >= 4 is 37.7 Å². The van der Waals surface area contributed by atoms with Gasteiger partial charge in [0.25, 0.3) is 0 Å². The van der Waals surface area contributed by atoms with Gasteiger partial charge in [-0.05, 0) is 42.8 Å². The van der Waals surface area contributed by atoms with Gasteiger partial charge in [-0.1, -0.05) is 0 Å². The van der Waals surface area contributed by atoms with Crippen molar-refractivity contribution in [1.82, 2.24) is 15.0 Å². The van der Waals surface area contributed by atoms with Crippen LogP contribution in [0, 0.1) is 0 Å². The molecule has 0 bridgehead atoms. The van der Waals surface area contributed by atoms with Crippen molar-refractivity contribution in [3.63, 3.8) is 0 Å². The summed E-state index contributed by atoms with van der Waals surface area (Å²) >= 11 is 3.14. The van der Waals surface area contributed by atoms with Crippen molar-refractivity contribution in [2.75, 3.05) is 12.0 Å². The number of hydrogen-bond donors (Lipinski definition) is 4. The van der Waals surface area contributed by atoms with Gasteiger partial charge in [0, 0.05) is 16.2 Å². The zero-order valence-electron chi connectivity index (χ0n) is 11.9. The molecular formula is C11H18BrN5O3S. The fourth-order valence-corrected chi connectivity index (χ4v) is 3.04. The number of hydrazine groups is 1. The molecule has 10 heteroatoms. The molecule has 0 fully saturated rings. The minimum atomic E-state index is -3.92. The maximum absolute atomic E-state index is 12.2. The molecule has 0 atom stereocenters. The van der Waals surface area contributed by atoms with E-state index in [1.165, 1.54) is 12.3 Å². The topological polar surface area (TPSA) is 126 Å². The van der Waals surface area contributed by atoms with Crippen LogP contribution in [0.2, 0.25) is 0 Å². The van der Waals surface area contributed by atoms with E-state index in [-0.39, 0.29) is 17.3 Å². The average Bonchev–Trinajstić information content (AvgIpc) is 2.34. The zero-order valence-corrected chi connectivity index (χ0v) is 14.3. The quantitative estimate of drug-likeness (QED) is 0.431. The van der Waals surface area contributed by atoms with Gasteiger partial charge in [0.2, 0.25) is 15.9 Å². The molecule has 1 aromatic heterocycles. The standard InChI is InChI=1S/C11H18BrN5O3S/c1-11(2,3)16-9(18)6-15-21(19,20)8-4-7(12)5-14-10(8)17-13/h4-5,15H,6,13H2,1-3H3,(H,14,17)(H,16,18). The Morgan fingerprint density at radius 1 is 1.43 bits per heavy atom. The number of sulfonamides is 1. The van der Waals surface area contributed by atoms with Crippen LogP contribution in [-0.4, -0.2) is 31.4 Å². The smallest absolute Gasteiger partial charge is 0.244 e. The first-order valence-corrected chi connectivity index (χ1v) is 8.25. The first-order valence-electron chi connectivity index (χ1n) is 5.98. The van der Waals surface area contributed by atoms with Gasteiger partial charge in [-0.25, -0.2) is 24.0 Å². The molecule has 0 aliphatic rings. The Hall–Kier alpha value is -1.23. The lowest BCUT2D eigenvalue weighted by Gasteiger charge is -2.20. The molecule has 0 saturated heterocycles. The minimum Gasteiger partial charge on any atom is -0.350 e. The van der Waals surface area contributed by atoms with Crippen molar-refractivity contribution in [3.8, 4) is 0 Å². The molecule has 1 amide bonds. The molecule has 0 aliphatic heterocycles. The molecule has 0 unspecified atom stereocenters. The SMILES string of the molecule is CC(C)(C)NC(=O)CNS(=O)(=O)c1cc(Br)cnc1NN. The van der Waals surface area contributed by atoms with Crippen LogP contribution in [0.25, 0.3) is 0 Å². The van der Waals surface area contributed by atoms with Crippen LogP contribution in [0.4, 0.5) is 5.82 Å². The summed E-state index contributed by atoms with van der Waals surface area (Å²) in [6, 6.07) is 1.34. The number of rotatable bonds is 5. The summed E-state index contributed by atoms with van der Waals surface area (Å²) in [6.07, 6.45) is 1.40. The van der Waals surface area contributed by atoms with Crippen molar-refractivity contribution < 1.29 is 13.2 Å². The lowest BCUT2D eigenvalue weighted by atomic mass is 10.1. The molecule has 5 N–H and O–H groups in total. The summed E-state index contributed by atoms with van der Waals surface area (Å²) in [5, 5.41) is 2.65. The van der Waals surface area contributed by atoms with E-state index >= 15 is 0 Å². The van der Waals surface area contributed by atoms with E-state index in [0.29, 0.717) is 4.47 Å². The van der Waals surface area contributed by atoms with E-state index in [4.69, 9.17) is 5.84 Å². The fraction of sp³-hybridized carbons (Fsp3) is 0.455. The third kappa shape index (κ3) is 5.58. The Morgan fingerprint density at radius 2 is 2.05 bits per heavy atom. The summed E-state index contributed by atoms with van der Waals surface area (Å²) in [4.78, 5) is 15.4. The average molecular weight is 380 g/mol. The van der Waals surface area contributed by atoms with Crippen LogP contribution in [-0.2, 0) is 14.8 Å². The number of anilines is 1. The predicted molar refractivity (Wildman–Crippen MR) is 82.8 cm³/mol. The predicted octanol–water partition coefficient (Wildman–Crippen LogP) is 0.323. The number of hydrogen-bond acceptors (Lipinski definition) is 6. The fourth-order valence-electron chi connectivity index (χ4n) is 1.43. The maximum atomic E-state index is 12.2. The second kappa shape index (κ2) is 6.69. The Bertz CT molecular complexity index is 627. The Balaban J connectivity index is 2.88. The van der Waals surface area contributed by atoms with E-state index in [9.17, 15) is 13.2 Å². The summed E-state index contributed by atoms with van der Waals surface area (Å²) in [5.41, 5.74) is 1.76. The van der Waals surface area contributed by atoms with E-state index < -0.39 is 21.5 Å². The number of nitrogens with two attached hydrogens (primary N) is 1. The first kappa shape index (κ1) is 17.8. The summed E-state index contributed by atoms with van der Waals surface area (Å²) < 4.78 is 27.0. The van der Waals surface area contributed by atoms with Gasteiger partial charge < -0.3 is 10.7 Å².